The second-order valence-electron chi connectivity index (χ2n) is 7.18. The van der Waals surface area contributed by atoms with Crippen LogP contribution >= 0.6 is 11.3 Å². The molecular formula is C21H22N2O3S. The predicted octanol–water partition coefficient (Wildman–Crippen LogP) is 4.22. The molecule has 0 spiro atoms. The molecule has 4 atom stereocenters. The molecule has 3 aliphatic carbocycles. The Morgan fingerprint density at radius 2 is 1.81 bits per heavy atom. The standard InChI is InChI=1S/C21H22N2O3S/c1-2-15-18(14-6-4-3-5-7-14)22-21(27-15)23-19(24)16-12-8-10-13(11-9-12)17(16)20(25)26/h3-8,10,12-13,16-17H,2,9,11H2,1H3,(H,25,26)(H,22,23,24)/t12-,13+,16-,17+/m1/s1. The lowest BCUT2D eigenvalue weighted by Gasteiger charge is -2.41. The van der Waals surface area contributed by atoms with Crippen LogP contribution in [-0.2, 0) is 16.0 Å². The molecule has 1 fully saturated rings. The third kappa shape index (κ3) is 3.30. The van der Waals surface area contributed by atoms with Crippen LogP contribution in [0.2, 0.25) is 0 Å². The number of aryl methyl sites for hydroxylation is 1. The molecule has 5 nitrogen and oxygen atoms in total. The van der Waals surface area contributed by atoms with E-state index < -0.39 is 17.8 Å². The fourth-order valence-corrected chi connectivity index (χ4v) is 5.27. The number of nitrogens with zero attached hydrogens (tertiary/aromatic N) is 1. The Morgan fingerprint density at radius 3 is 2.41 bits per heavy atom. The fraction of sp³-hybridized carbons (Fsp3) is 0.381. The van der Waals surface area contributed by atoms with E-state index in [0.29, 0.717) is 5.13 Å². The molecule has 0 radical (unpaired) electrons. The SMILES string of the molecule is CCc1sc(NC(=O)[C@H]2[C@@H](C(=O)O)[C@H]3C=C[C@@H]2CC3)nc1-c1ccccc1. The second-order valence-corrected chi connectivity index (χ2v) is 8.26. The average Bonchev–Trinajstić information content (AvgIpc) is 3.11. The van der Waals surface area contributed by atoms with Gasteiger partial charge in [0.15, 0.2) is 5.13 Å². The van der Waals surface area contributed by atoms with Crippen LogP contribution in [0.4, 0.5) is 5.13 Å². The van der Waals surface area contributed by atoms with Gasteiger partial charge >= 0.3 is 5.97 Å². The summed E-state index contributed by atoms with van der Waals surface area (Å²) in [6.45, 7) is 2.07. The van der Waals surface area contributed by atoms with Crippen LogP contribution in [0.1, 0.15) is 24.6 Å². The Bertz CT molecular complexity index is 890. The van der Waals surface area contributed by atoms with Gasteiger partial charge in [-0.15, -0.1) is 11.3 Å². The minimum absolute atomic E-state index is 0.00435. The van der Waals surface area contributed by atoms with E-state index in [-0.39, 0.29) is 17.7 Å². The molecular weight excluding hydrogens is 360 g/mol. The summed E-state index contributed by atoms with van der Waals surface area (Å²) in [5.74, 6) is -2.33. The van der Waals surface area contributed by atoms with E-state index in [1.807, 2.05) is 42.5 Å². The van der Waals surface area contributed by atoms with Crippen molar-refractivity contribution in [3.05, 3.63) is 47.4 Å². The highest BCUT2D eigenvalue weighted by atomic mass is 32.1. The second kappa shape index (κ2) is 7.27. The van der Waals surface area contributed by atoms with Crippen LogP contribution in [-0.4, -0.2) is 22.0 Å². The van der Waals surface area contributed by atoms with Gasteiger partial charge in [-0.2, -0.15) is 0 Å². The van der Waals surface area contributed by atoms with Crippen molar-refractivity contribution in [1.82, 2.24) is 4.98 Å². The van der Waals surface area contributed by atoms with Crippen molar-refractivity contribution in [2.45, 2.75) is 26.2 Å². The van der Waals surface area contributed by atoms with Crippen molar-refractivity contribution in [1.29, 1.82) is 0 Å². The first-order chi connectivity index (χ1) is 13.1. The Morgan fingerprint density at radius 1 is 1.15 bits per heavy atom. The number of carboxylic acid groups (broad SMARTS) is 1. The first-order valence-electron chi connectivity index (χ1n) is 9.35. The zero-order valence-electron chi connectivity index (χ0n) is 15.1. The zero-order chi connectivity index (χ0) is 19.0. The van der Waals surface area contributed by atoms with Gasteiger partial charge in [0.25, 0.3) is 0 Å². The number of anilines is 1. The number of allylic oxidation sites excluding steroid dienone is 2. The van der Waals surface area contributed by atoms with Crippen molar-refractivity contribution < 1.29 is 14.7 Å². The number of aromatic nitrogens is 1. The van der Waals surface area contributed by atoms with Crippen LogP contribution in [0.15, 0.2) is 42.5 Å². The smallest absolute Gasteiger partial charge is 0.307 e. The maximum atomic E-state index is 13.0. The van der Waals surface area contributed by atoms with Crippen LogP contribution in [0.3, 0.4) is 0 Å². The highest BCUT2D eigenvalue weighted by Gasteiger charge is 2.48. The third-order valence-electron chi connectivity index (χ3n) is 5.63. The van der Waals surface area contributed by atoms with Gasteiger partial charge in [-0.3, -0.25) is 9.59 Å². The molecule has 2 N–H and O–H groups in total. The molecule has 140 valence electrons. The summed E-state index contributed by atoms with van der Waals surface area (Å²) in [6, 6.07) is 9.90. The maximum Gasteiger partial charge on any atom is 0.307 e. The van der Waals surface area contributed by atoms with Gasteiger partial charge in [0, 0.05) is 10.4 Å². The predicted molar refractivity (Wildman–Crippen MR) is 106 cm³/mol. The fourth-order valence-electron chi connectivity index (χ4n) is 4.34. The molecule has 2 aromatic rings. The van der Waals surface area contributed by atoms with Crippen molar-refractivity contribution in [3.8, 4) is 11.3 Å². The largest absolute Gasteiger partial charge is 0.481 e. The molecule has 0 aliphatic heterocycles. The highest BCUT2D eigenvalue weighted by Crippen LogP contribution is 2.45. The molecule has 1 saturated carbocycles. The lowest BCUT2D eigenvalue weighted by atomic mass is 9.62. The zero-order valence-corrected chi connectivity index (χ0v) is 15.9. The Balaban J connectivity index is 1.59. The van der Waals surface area contributed by atoms with Crippen LogP contribution in [0.5, 0.6) is 0 Å². The van der Waals surface area contributed by atoms with E-state index in [2.05, 4.69) is 17.2 Å². The molecule has 0 saturated heterocycles. The third-order valence-corrected chi connectivity index (χ3v) is 6.75. The Hall–Kier alpha value is -2.47. The highest BCUT2D eigenvalue weighted by molar-refractivity contribution is 7.16. The van der Waals surface area contributed by atoms with E-state index in [0.717, 1.165) is 35.4 Å². The number of benzene rings is 1. The summed E-state index contributed by atoms with van der Waals surface area (Å²) in [5, 5.41) is 13.1. The normalized spacial score (nSPS) is 26.1. The van der Waals surface area contributed by atoms with Crippen LogP contribution in [0.25, 0.3) is 11.3 Å². The number of carbonyl (C=O) groups excluding carboxylic acids is 1. The molecule has 0 unspecified atom stereocenters. The van der Waals surface area contributed by atoms with Gasteiger partial charge < -0.3 is 10.4 Å². The Labute approximate surface area is 162 Å². The van der Waals surface area contributed by atoms with E-state index in [1.165, 1.54) is 11.3 Å². The molecule has 3 aliphatic rings. The first kappa shape index (κ1) is 17.9. The number of carbonyl (C=O) groups is 2. The number of carboxylic acids is 1. The molecule has 1 aromatic heterocycles. The van der Waals surface area contributed by atoms with Crippen molar-refractivity contribution in [2.24, 2.45) is 23.7 Å². The summed E-state index contributed by atoms with van der Waals surface area (Å²) in [7, 11) is 0. The number of rotatable bonds is 5. The lowest BCUT2D eigenvalue weighted by Crippen LogP contribution is -2.47. The summed E-state index contributed by atoms with van der Waals surface area (Å²) < 4.78 is 0. The lowest BCUT2D eigenvalue weighted by molar-refractivity contribution is -0.151. The van der Waals surface area contributed by atoms with Gasteiger partial charge in [0.1, 0.15) is 0 Å². The van der Waals surface area contributed by atoms with Crippen LogP contribution < -0.4 is 5.32 Å². The summed E-state index contributed by atoms with van der Waals surface area (Å²) in [5.41, 5.74) is 1.91. The number of amides is 1. The van der Waals surface area contributed by atoms with Gasteiger partial charge in [0.05, 0.1) is 17.5 Å². The van der Waals surface area contributed by atoms with Crippen molar-refractivity contribution in [3.63, 3.8) is 0 Å². The summed E-state index contributed by atoms with van der Waals surface area (Å²) in [4.78, 5) is 30.5. The Kier molecular flexibility index (Phi) is 4.83. The number of hydrogen-bond donors (Lipinski definition) is 2. The van der Waals surface area contributed by atoms with Gasteiger partial charge in [-0.1, -0.05) is 49.4 Å². The monoisotopic (exact) mass is 382 g/mol. The van der Waals surface area contributed by atoms with Crippen molar-refractivity contribution in [2.75, 3.05) is 5.32 Å². The maximum absolute atomic E-state index is 13.0. The molecule has 1 aromatic carbocycles. The van der Waals surface area contributed by atoms with E-state index >= 15 is 0 Å². The molecule has 1 amide bonds. The molecule has 5 rings (SSSR count). The summed E-state index contributed by atoms with van der Waals surface area (Å²) >= 11 is 1.47. The molecule has 27 heavy (non-hydrogen) atoms. The first-order valence-corrected chi connectivity index (χ1v) is 10.2. The average molecular weight is 382 g/mol. The van der Waals surface area contributed by atoms with E-state index in [1.54, 1.807) is 0 Å². The summed E-state index contributed by atoms with van der Waals surface area (Å²) in [6.07, 6.45) is 6.54. The number of fused-ring (bicyclic) bond motifs is 2. The van der Waals surface area contributed by atoms with Gasteiger partial charge in [0.2, 0.25) is 5.91 Å². The number of thiazole rings is 1. The quantitative estimate of drug-likeness (QED) is 0.759. The van der Waals surface area contributed by atoms with Crippen molar-refractivity contribution >= 4 is 28.3 Å². The minimum atomic E-state index is -0.882. The van der Waals surface area contributed by atoms with Crippen LogP contribution in [0, 0.1) is 23.7 Å². The van der Waals surface area contributed by atoms with Gasteiger partial charge in [-0.05, 0) is 31.1 Å². The topological polar surface area (TPSA) is 79.3 Å². The molecule has 6 heteroatoms. The van der Waals surface area contributed by atoms with E-state index in [9.17, 15) is 14.7 Å². The van der Waals surface area contributed by atoms with E-state index in [4.69, 9.17) is 0 Å². The molecule has 1 heterocycles. The number of hydrogen-bond acceptors (Lipinski definition) is 4. The van der Waals surface area contributed by atoms with Gasteiger partial charge in [-0.25, -0.2) is 4.98 Å². The number of aliphatic carboxylic acids is 1. The number of nitrogens with one attached hydrogen (secondary N) is 1. The molecule has 2 bridgehead atoms. The minimum Gasteiger partial charge on any atom is -0.481 e.